The monoisotopic (exact) mass is 529 g/mol. The van der Waals surface area contributed by atoms with Crippen molar-refractivity contribution in [2.45, 2.75) is 38.0 Å². The Morgan fingerprint density at radius 2 is 1.82 bits per heavy atom. The highest BCUT2D eigenvalue weighted by molar-refractivity contribution is 7.10. The largest absolute Gasteiger partial charge is 0.493 e. The molecule has 2 aliphatic rings. The van der Waals surface area contributed by atoms with Gasteiger partial charge in [-0.15, -0.1) is 11.3 Å². The van der Waals surface area contributed by atoms with Crippen LogP contribution in [-0.4, -0.2) is 32.6 Å². The summed E-state index contributed by atoms with van der Waals surface area (Å²) in [5.74, 6) is 0.102. The van der Waals surface area contributed by atoms with Gasteiger partial charge in [0.15, 0.2) is 17.3 Å². The zero-order chi connectivity index (χ0) is 26.6. The number of dihydropyridines is 1. The molecule has 5 rings (SSSR count). The summed E-state index contributed by atoms with van der Waals surface area (Å²) in [5, 5.41) is 5.45. The molecule has 1 N–H and O–H groups in total. The number of thiophene rings is 1. The van der Waals surface area contributed by atoms with Gasteiger partial charge in [-0.1, -0.05) is 48.5 Å². The second-order valence-corrected chi connectivity index (χ2v) is 10.5. The van der Waals surface area contributed by atoms with Crippen LogP contribution in [0.2, 0.25) is 0 Å². The average Bonchev–Trinajstić information content (AvgIpc) is 3.47. The highest BCUT2D eigenvalue weighted by Crippen LogP contribution is 2.49. The summed E-state index contributed by atoms with van der Waals surface area (Å²) in [5.41, 5.74) is 4.36. The number of hydrogen-bond donors (Lipinski definition) is 1. The maximum atomic E-state index is 13.8. The predicted molar refractivity (Wildman–Crippen MR) is 148 cm³/mol. The first-order valence-electron chi connectivity index (χ1n) is 12.7. The van der Waals surface area contributed by atoms with E-state index in [0.717, 1.165) is 11.3 Å². The van der Waals surface area contributed by atoms with E-state index in [2.05, 4.69) is 11.4 Å². The quantitative estimate of drug-likeness (QED) is 0.366. The molecule has 2 atom stereocenters. The molecule has 38 heavy (non-hydrogen) atoms. The number of rotatable bonds is 8. The molecule has 1 aliphatic heterocycles. The first kappa shape index (κ1) is 25.8. The second-order valence-electron chi connectivity index (χ2n) is 9.49. The minimum Gasteiger partial charge on any atom is -0.493 e. The molecule has 0 saturated carbocycles. The van der Waals surface area contributed by atoms with Gasteiger partial charge in [0, 0.05) is 46.2 Å². The molecule has 0 spiro atoms. The van der Waals surface area contributed by atoms with Gasteiger partial charge in [-0.3, -0.25) is 4.79 Å². The summed E-state index contributed by atoms with van der Waals surface area (Å²) >= 11 is 1.67. The van der Waals surface area contributed by atoms with Crippen molar-refractivity contribution in [2.24, 2.45) is 0 Å². The van der Waals surface area contributed by atoms with Crippen molar-refractivity contribution in [2.75, 3.05) is 20.8 Å². The first-order valence-corrected chi connectivity index (χ1v) is 13.6. The number of Topliss-reactive ketones (excluding diaryl/α,β-unsaturated/α-hetero) is 1. The minimum atomic E-state index is -0.627. The van der Waals surface area contributed by atoms with Crippen LogP contribution in [0, 0.1) is 0 Å². The molecule has 0 saturated heterocycles. The lowest BCUT2D eigenvalue weighted by molar-refractivity contribution is -0.139. The summed E-state index contributed by atoms with van der Waals surface area (Å²) in [6, 6.07) is 19.6. The Balaban J connectivity index is 1.53. The molecule has 6 nitrogen and oxygen atoms in total. The first-order chi connectivity index (χ1) is 18.5. The van der Waals surface area contributed by atoms with Gasteiger partial charge in [0.25, 0.3) is 0 Å². The van der Waals surface area contributed by atoms with E-state index in [1.165, 1.54) is 4.88 Å². The Kier molecular flexibility index (Phi) is 7.65. The van der Waals surface area contributed by atoms with Gasteiger partial charge in [-0.25, -0.2) is 4.79 Å². The molecule has 0 bridgehead atoms. The number of methoxy groups -OCH3 is 2. The second kappa shape index (κ2) is 11.3. The molecule has 0 radical (unpaired) electrons. The lowest BCUT2D eigenvalue weighted by atomic mass is 9.72. The molecule has 2 heterocycles. The minimum absolute atomic E-state index is 0.0223. The van der Waals surface area contributed by atoms with E-state index in [-0.39, 0.29) is 18.3 Å². The normalized spacial score (nSPS) is 19.1. The van der Waals surface area contributed by atoms with Crippen LogP contribution in [0.5, 0.6) is 11.5 Å². The third kappa shape index (κ3) is 4.98. The van der Waals surface area contributed by atoms with Crippen molar-refractivity contribution in [1.82, 2.24) is 5.32 Å². The van der Waals surface area contributed by atoms with Crippen LogP contribution in [0.1, 0.15) is 47.6 Å². The number of allylic oxidation sites excluding steroid dienone is 3. The van der Waals surface area contributed by atoms with Crippen molar-refractivity contribution in [3.8, 4) is 11.5 Å². The number of benzene rings is 2. The zero-order valence-corrected chi connectivity index (χ0v) is 22.6. The Bertz CT molecular complexity index is 1390. The van der Waals surface area contributed by atoms with Crippen molar-refractivity contribution < 1.29 is 23.8 Å². The highest BCUT2D eigenvalue weighted by Gasteiger charge is 2.43. The number of carbonyl (C=O) groups is 2. The maximum Gasteiger partial charge on any atom is 0.336 e. The van der Waals surface area contributed by atoms with Crippen LogP contribution < -0.4 is 14.8 Å². The van der Waals surface area contributed by atoms with E-state index in [0.29, 0.717) is 53.2 Å². The van der Waals surface area contributed by atoms with E-state index in [1.54, 1.807) is 25.6 Å². The molecule has 0 fully saturated rings. The summed E-state index contributed by atoms with van der Waals surface area (Å²) in [4.78, 5) is 28.6. The third-order valence-electron chi connectivity index (χ3n) is 7.20. The van der Waals surface area contributed by atoms with Gasteiger partial charge >= 0.3 is 5.97 Å². The fraction of sp³-hybridized carbons (Fsp3) is 0.290. The van der Waals surface area contributed by atoms with Gasteiger partial charge in [-0.2, -0.15) is 0 Å². The summed E-state index contributed by atoms with van der Waals surface area (Å²) < 4.78 is 17.1. The van der Waals surface area contributed by atoms with Crippen molar-refractivity contribution in [3.63, 3.8) is 0 Å². The molecule has 1 aliphatic carbocycles. The van der Waals surface area contributed by atoms with Crippen LogP contribution in [-0.2, 0) is 20.7 Å². The number of nitrogens with one attached hydrogen (secondary N) is 1. The fourth-order valence-electron chi connectivity index (χ4n) is 5.47. The van der Waals surface area contributed by atoms with Crippen LogP contribution in [0.15, 0.2) is 88.6 Å². The molecular formula is C31H31NO5S. The Morgan fingerprint density at radius 3 is 2.53 bits per heavy atom. The van der Waals surface area contributed by atoms with E-state index in [1.807, 2.05) is 66.9 Å². The van der Waals surface area contributed by atoms with Crippen molar-refractivity contribution in [3.05, 3.63) is 105 Å². The number of ether oxygens (including phenoxy) is 3. The standard InChI is InChI=1S/C31H31NO5S/c1-19-27(31(34)37-15-14-20-9-5-4-6-10-20)28(22-11-7-12-25(35-2)30(22)36-3)29-23(32-19)17-21(18-24(29)33)26-13-8-16-38-26/h4-13,16,21,28,32H,14-15,17-18H2,1-3H3/t21-,28+/m0/s1. The van der Waals surface area contributed by atoms with E-state index in [4.69, 9.17) is 14.2 Å². The lowest BCUT2D eigenvalue weighted by Crippen LogP contribution is -2.36. The van der Waals surface area contributed by atoms with Crippen LogP contribution >= 0.6 is 11.3 Å². The number of para-hydroxylation sites is 1. The third-order valence-corrected chi connectivity index (χ3v) is 8.24. The molecule has 7 heteroatoms. The van der Waals surface area contributed by atoms with E-state index < -0.39 is 11.9 Å². The fourth-order valence-corrected chi connectivity index (χ4v) is 6.30. The molecule has 196 valence electrons. The van der Waals surface area contributed by atoms with Crippen LogP contribution in [0.3, 0.4) is 0 Å². The van der Waals surface area contributed by atoms with E-state index >= 15 is 0 Å². The Hall–Kier alpha value is -3.84. The molecule has 0 amide bonds. The maximum absolute atomic E-state index is 13.8. The van der Waals surface area contributed by atoms with Crippen LogP contribution in [0.25, 0.3) is 0 Å². The number of esters is 1. The Morgan fingerprint density at radius 1 is 1.00 bits per heavy atom. The van der Waals surface area contributed by atoms with Gasteiger partial charge in [0.05, 0.1) is 32.3 Å². The Labute approximate surface area is 226 Å². The molecular weight excluding hydrogens is 498 g/mol. The topological polar surface area (TPSA) is 73.9 Å². The van der Waals surface area contributed by atoms with Gasteiger partial charge in [0.2, 0.25) is 0 Å². The molecule has 2 aromatic carbocycles. The lowest BCUT2D eigenvalue weighted by Gasteiger charge is -2.37. The van der Waals surface area contributed by atoms with E-state index in [9.17, 15) is 9.59 Å². The summed E-state index contributed by atoms with van der Waals surface area (Å²) in [6.45, 7) is 2.11. The van der Waals surface area contributed by atoms with Gasteiger partial charge in [0.1, 0.15) is 0 Å². The van der Waals surface area contributed by atoms with Crippen LogP contribution in [0.4, 0.5) is 0 Å². The van der Waals surface area contributed by atoms with Crippen molar-refractivity contribution in [1.29, 1.82) is 0 Å². The van der Waals surface area contributed by atoms with Crippen molar-refractivity contribution >= 4 is 23.1 Å². The van der Waals surface area contributed by atoms with Gasteiger partial charge < -0.3 is 19.5 Å². The molecule has 3 aromatic rings. The smallest absolute Gasteiger partial charge is 0.336 e. The highest BCUT2D eigenvalue weighted by atomic mass is 32.1. The summed E-state index contributed by atoms with van der Waals surface area (Å²) in [6.07, 6.45) is 1.69. The molecule has 0 unspecified atom stereocenters. The average molecular weight is 530 g/mol. The zero-order valence-electron chi connectivity index (χ0n) is 21.8. The SMILES string of the molecule is COc1cccc([C@@H]2C(C(=O)OCCc3ccccc3)=C(C)NC3=C2C(=O)C[C@@H](c2cccs2)C3)c1OC. The number of ketones is 1. The molecule has 1 aromatic heterocycles. The predicted octanol–water partition coefficient (Wildman–Crippen LogP) is 5.91. The number of carbonyl (C=O) groups excluding carboxylic acids is 2. The summed E-state index contributed by atoms with van der Waals surface area (Å²) in [7, 11) is 3.15. The van der Waals surface area contributed by atoms with Gasteiger partial charge in [-0.05, 0) is 36.4 Å². The number of hydrogen-bond acceptors (Lipinski definition) is 7.